The van der Waals surface area contributed by atoms with Gasteiger partial charge >= 0.3 is 0 Å². The first-order valence-electron chi connectivity index (χ1n) is 6.45. The van der Waals surface area contributed by atoms with Gasteiger partial charge in [0.1, 0.15) is 11.9 Å². The van der Waals surface area contributed by atoms with E-state index in [1.807, 2.05) is 66.7 Å². The number of allylic oxidation sites excluding steroid dienone is 1. The molecule has 0 radical (unpaired) electrons. The number of rotatable bonds is 3. The number of ether oxygens (including phenoxy) is 1. The Kier molecular flexibility index (Phi) is 3.42. The average molecular weight is 262 g/mol. The average Bonchev–Trinajstić information content (AvgIpc) is 2.56. The molecule has 0 fully saturated rings. The van der Waals surface area contributed by atoms with Crippen LogP contribution in [0.4, 0.5) is 0 Å². The van der Waals surface area contributed by atoms with Crippen molar-refractivity contribution < 1.29 is 4.74 Å². The van der Waals surface area contributed by atoms with Crippen molar-refractivity contribution in [2.45, 2.75) is 6.10 Å². The number of hydrogen-bond acceptors (Lipinski definition) is 3. The third-order valence-corrected chi connectivity index (χ3v) is 3.17. The van der Waals surface area contributed by atoms with E-state index in [0.29, 0.717) is 5.70 Å². The van der Waals surface area contributed by atoms with E-state index < -0.39 is 0 Å². The van der Waals surface area contributed by atoms with Crippen LogP contribution in [0.15, 0.2) is 83.6 Å². The minimum absolute atomic E-state index is 0.208. The molecule has 0 bridgehead atoms. The number of nitrogens with zero attached hydrogens (tertiary/aromatic N) is 1. The minimum Gasteiger partial charge on any atom is -0.481 e. The molecule has 0 amide bonds. The van der Waals surface area contributed by atoms with Crippen molar-refractivity contribution in [3.05, 3.63) is 89.6 Å². The third-order valence-electron chi connectivity index (χ3n) is 3.17. The maximum atomic E-state index is 7.26. The SMILES string of the molecule is N=NC1=CC(c2ccccc2)OC(c2ccccc2)=C1. The fourth-order valence-corrected chi connectivity index (χ4v) is 2.17. The summed E-state index contributed by atoms with van der Waals surface area (Å²) in [7, 11) is 0. The molecule has 0 aromatic heterocycles. The Balaban J connectivity index is 1.97. The lowest BCUT2D eigenvalue weighted by atomic mass is 10.0. The second-order valence-electron chi connectivity index (χ2n) is 4.53. The van der Waals surface area contributed by atoms with Gasteiger partial charge in [0.15, 0.2) is 0 Å². The van der Waals surface area contributed by atoms with E-state index in [1.165, 1.54) is 0 Å². The molecule has 3 heteroatoms. The molecule has 0 aliphatic carbocycles. The van der Waals surface area contributed by atoms with E-state index in [0.717, 1.165) is 16.9 Å². The van der Waals surface area contributed by atoms with Crippen molar-refractivity contribution in [1.82, 2.24) is 0 Å². The van der Waals surface area contributed by atoms with E-state index >= 15 is 0 Å². The van der Waals surface area contributed by atoms with Crippen LogP contribution < -0.4 is 0 Å². The lowest BCUT2D eigenvalue weighted by Crippen LogP contribution is -2.06. The van der Waals surface area contributed by atoms with E-state index in [9.17, 15) is 0 Å². The fraction of sp³-hybridized carbons (Fsp3) is 0.0588. The monoisotopic (exact) mass is 262 g/mol. The van der Waals surface area contributed by atoms with Crippen LogP contribution in [0.2, 0.25) is 0 Å². The van der Waals surface area contributed by atoms with Gasteiger partial charge < -0.3 is 4.74 Å². The molecule has 1 heterocycles. The van der Waals surface area contributed by atoms with Gasteiger partial charge in [0.2, 0.25) is 0 Å². The predicted octanol–water partition coefficient (Wildman–Crippen LogP) is 4.71. The zero-order valence-electron chi connectivity index (χ0n) is 10.9. The Morgan fingerprint density at radius 2 is 1.55 bits per heavy atom. The molecule has 1 aliphatic heterocycles. The summed E-state index contributed by atoms with van der Waals surface area (Å²) in [5, 5.41) is 3.55. The lowest BCUT2D eigenvalue weighted by molar-refractivity contribution is 0.210. The highest BCUT2D eigenvalue weighted by Gasteiger charge is 2.18. The maximum absolute atomic E-state index is 7.26. The molecule has 2 aromatic carbocycles. The molecular weight excluding hydrogens is 248 g/mol. The summed E-state index contributed by atoms with van der Waals surface area (Å²) in [6, 6.07) is 19.8. The highest BCUT2D eigenvalue weighted by molar-refractivity contribution is 5.64. The van der Waals surface area contributed by atoms with Crippen LogP contribution in [-0.4, -0.2) is 0 Å². The Bertz CT molecular complexity index is 660. The Hall–Kier alpha value is -2.68. The van der Waals surface area contributed by atoms with E-state index in [1.54, 1.807) is 6.08 Å². The summed E-state index contributed by atoms with van der Waals surface area (Å²) in [4.78, 5) is 0. The smallest absolute Gasteiger partial charge is 0.144 e. The van der Waals surface area contributed by atoms with Crippen molar-refractivity contribution in [3.8, 4) is 0 Å². The zero-order chi connectivity index (χ0) is 13.8. The molecule has 1 N–H and O–H groups in total. The van der Waals surface area contributed by atoms with Gasteiger partial charge in [0.05, 0.1) is 5.70 Å². The summed E-state index contributed by atoms with van der Waals surface area (Å²) in [6.07, 6.45) is 3.44. The van der Waals surface area contributed by atoms with Crippen LogP contribution >= 0.6 is 0 Å². The standard InChI is InChI=1S/C17H14N2O/c18-19-15-11-16(13-7-3-1-4-8-13)20-17(12-15)14-9-5-2-6-10-14/h1-12,16,18H. The van der Waals surface area contributed by atoms with Gasteiger partial charge in [0, 0.05) is 11.6 Å². The van der Waals surface area contributed by atoms with E-state index in [2.05, 4.69) is 5.11 Å². The van der Waals surface area contributed by atoms with Gasteiger partial charge in [-0.3, -0.25) is 0 Å². The molecule has 3 rings (SSSR count). The molecule has 1 atom stereocenters. The third kappa shape index (κ3) is 2.52. The molecule has 98 valence electrons. The van der Waals surface area contributed by atoms with Gasteiger partial charge in [0.25, 0.3) is 0 Å². The van der Waals surface area contributed by atoms with Crippen molar-refractivity contribution >= 4 is 5.76 Å². The van der Waals surface area contributed by atoms with Gasteiger partial charge in [-0.1, -0.05) is 60.7 Å². The second kappa shape index (κ2) is 5.53. The van der Waals surface area contributed by atoms with E-state index in [4.69, 9.17) is 10.3 Å². The highest BCUT2D eigenvalue weighted by Crippen LogP contribution is 2.33. The Morgan fingerprint density at radius 3 is 2.20 bits per heavy atom. The Morgan fingerprint density at radius 1 is 0.900 bits per heavy atom. The van der Waals surface area contributed by atoms with Crippen molar-refractivity contribution in [2.75, 3.05) is 0 Å². The van der Waals surface area contributed by atoms with Gasteiger partial charge in [-0.05, 0) is 11.6 Å². The summed E-state index contributed by atoms with van der Waals surface area (Å²) in [5.41, 5.74) is 9.91. The van der Waals surface area contributed by atoms with Crippen LogP contribution in [0.5, 0.6) is 0 Å². The molecular formula is C17H14N2O. The van der Waals surface area contributed by atoms with Crippen LogP contribution in [0.25, 0.3) is 5.76 Å². The first-order chi connectivity index (χ1) is 9.86. The van der Waals surface area contributed by atoms with Crippen LogP contribution in [-0.2, 0) is 4.74 Å². The fourth-order valence-electron chi connectivity index (χ4n) is 2.17. The largest absolute Gasteiger partial charge is 0.481 e. The lowest BCUT2D eigenvalue weighted by Gasteiger charge is -2.22. The molecule has 20 heavy (non-hydrogen) atoms. The summed E-state index contributed by atoms with van der Waals surface area (Å²) in [5.74, 6) is 0.743. The molecule has 3 nitrogen and oxygen atoms in total. The number of nitrogens with one attached hydrogen (secondary N) is 1. The molecule has 2 aromatic rings. The molecule has 0 spiro atoms. The van der Waals surface area contributed by atoms with Gasteiger partial charge in [-0.15, -0.1) is 0 Å². The minimum atomic E-state index is -0.208. The molecule has 1 aliphatic rings. The van der Waals surface area contributed by atoms with Crippen molar-refractivity contribution in [3.63, 3.8) is 0 Å². The van der Waals surface area contributed by atoms with Crippen LogP contribution in [0, 0.1) is 5.53 Å². The molecule has 0 saturated heterocycles. The quantitative estimate of drug-likeness (QED) is 0.799. The maximum Gasteiger partial charge on any atom is 0.144 e. The number of benzene rings is 2. The van der Waals surface area contributed by atoms with Crippen LogP contribution in [0.3, 0.4) is 0 Å². The first-order valence-corrected chi connectivity index (χ1v) is 6.45. The molecule has 1 unspecified atom stereocenters. The van der Waals surface area contributed by atoms with Crippen LogP contribution in [0.1, 0.15) is 17.2 Å². The summed E-state index contributed by atoms with van der Waals surface area (Å²) >= 11 is 0. The van der Waals surface area contributed by atoms with Crippen molar-refractivity contribution in [1.29, 1.82) is 5.53 Å². The van der Waals surface area contributed by atoms with Gasteiger partial charge in [-0.2, -0.15) is 5.11 Å². The highest BCUT2D eigenvalue weighted by atomic mass is 16.5. The topological polar surface area (TPSA) is 45.4 Å². The number of hydrogen-bond donors (Lipinski definition) is 1. The normalized spacial score (nSPS) is 17.7. The van der Waals surface area contributed by atoms with E-state index in [-0.39, 0.29) is 6.10 Å². The van der Waals surface area contributed by atoms with Crippen molar-refractivity contribution in [2.24, 2.45) is 5.11 Å². The second-order valence-corrected chi connectivity index (χ2v) is 4.53. The summed E-state index contributed by atoms with van der Waals surface area (Å²) < 4.78 is 6.03. The first kappa shape index (κ1) is 12.4. The zero-order valence-corrected chi connectivity index (χ0v) is 10.9. The Labute approximate surface area is 117 Å². The van der Waals surface area contributed by atoms with Gasteiger partial charge in [-0.25, -0.2) is 5.53 Å². The molecule has 0 saturated carbocycles. The summed E-state index contributed by atoms with van der Waals surface area (Å²) in [6.45, 7) is 0. The predicted molar refractivity (Wildman–Crippen MR) is 77.9 cm³/mol.